The molecule has 0 aliphatic carbocycles. The third-order valence-electron chi connectivity index (χ3n) is 1.60. The van der Waals surface area contributed by atoms with Crippen LogP contribution in [0.25, 0.3) is 5.00 Å². The Morgan fingerprint density at radius 3 is 2.75 bits per heavy atom. The van der Waals surface area contributed by atoms with Gasteiger partial charge in [-0.15, -0.1) is 11.3 Å². The van der Waals surface area contributed by atoms with Crippen LogP contribution < -0.4 is 0 Å². The lowest BCUT2D eigenvalue weighted by atomic mass is 10.3. The van der Waals surface area contributed by atoms with Crippen LogP contribution in [0.4, 0.5) is 0 Å². The summed E-state index contributed by atoms with van der Waals surface area (Å²) < 4.78 is 1.95. The Labute approximate surface area is 74.3 Å². The molecule has 0 fully saturated rings. The molecule has 0 bridgehead atoms. The predicted octanol–water partition coefficient (Wildman–Crippen LogP) is 2.41. The highest BCUT2D eigenvalue weighted by molar-refractivity contribution is 7.12. The Morgan fingerprint density at radius 1 is 1.33 bits per heavy atom. The lowest BCUT2D eigenvalue weighted by Gasteiger charge is -1.96. The largest absolute Gasteiger partial charge is 0.314 e. The van der Waals surface area contributed by atoms with Crippen LogP contribution in [0.2, 0.25) is 0 Å². The molecule has 0 aliphatic heterocycles. The highest BCUT2D eigenvalue weighted by Gasteiger charge is 2.02. The van der Waals surface area contributed by atoms with Crippen molar-refractivity contribution in [3.8, 4) is 11.1 Å². The van der Waals surface area contributed by atoms with Gasteiger partial charge in [-0.25, -0.2) is 0 Å². The summed E-state index contributed by atoms with van der Waals surface area (Å²) in [6.45, 7) is 0. The second-order valence-electron chi connectivity index (χ2n) is 2.34. The van der Waals surface area contributed by atoms with Gasteiger partial charge in [0.1, 0.15) is 11.1 Å². The summed E-state index contributed by atoms with van der Waals surface area (Å²) in [5.41, 5.74) is 0.733. The molecule has 3 heteroatoms. The fraction of sp³-hybridized carbons (Fsp3) is 0. The standard InChI is InChI=1S/C9H6N2S/c10-7-8-3-6-12-9(8)11-4-1-2-5-11/h1-6H. The first-order chi connectivity index (χ1) is 5.92. The van der Waals surface area contributed by atoms with Crippen LogP contribution in [-0.2, 0) is 0 Å². The highest BCUT2D eigenvalue weighted by Crippen LogP contribution is 2.20. The number of thiophene rings is 1. The van der Waals surface area contributed by atoms with Crippen molar-refractivity contribution in [3.63, 3.8) is 0 Å². The van der Waals surface area contributed by atoms with E-state index in [-0.39, 0.29) is 0 Å². The van der Waals surface area contributed by atoms with E-state index in [2.05, 4.69) is 6.07 Å². The molecule has 2 aromatic heterocycles. The van der Waals surface area contributed by atoms with Gasteiger partial charge in [0.05, 0.1) is 5.56 Å². The van der Waals surface area contributed by atoms with Gasteiger partial charge in [0.2, 0.25) is 0 Å². The summed E-state index contributed by atoms with van der Waals surface area (Å²) in [7, 11) is 0. The zero-order chi connectivity index (χ0) is 8.39. The third-order valence-corrected chi connectivity index (χ3v) is 2.53. The van der Waals surface area contributed by atoms with Gasteiger partial charge in [0.15, 0.2) is 0 Å². The molecule has 0 aromatic carbocycles. The molecule has 0 N–H and O–H groups in total. The lowest BCUT2D eigenvalue weighted by Crippen LogP contribution is -1.87. The molecule has 0 unspecified atom stereocenters. The van der Waals surface area contributed by atoms with Crippen molar-refractivity contribution in [1.29, 1.82) is 5.26 Å². The van der Waals surface area contributed by atoms with E-state index in [0.717, 1.165) is 10.6 Å². The molecular weight excluding hydrogens is 168 g/mol. The van der Waals surface area contributed by atoms with E-state index in [1.54, 1.807) is 11.3 Å². The molecule has 2 aromatic rings. The van der Waals surface area contributed by atoms with Gasteiger partial charge in [-0.05, 0) is 23.6 Å². The van der Waals surface area contributed by atoms with Crippen LogP contribution in [-0.4, -0.2) is 4.57 Å². The third kappa shape index (κ3) is 1.03. The maximum atomic E-state index is 8.75. The second kappa shape index (κ2) is 2.84. The number of aromatic nitrogens is 1. The molecular formula is C9H6N2S. The quantitative estimate of drug-likeness (QED) is 0.652. The van der Waals surface area contributed by atoms with E-state index in [4.69, 9.17) is 5.26 Å². The molecule has 0 aliphatic rings. The molecule has 2 heterocycles. The fourth-order valence-corrected chi connectivity index (χ4v) is 1.87. The number of rotatable bonds is 1. The van der Waals surface area contributed by atoms with E-state index in [0.29, 0.717) is 0 Å². The van der Waals surface area contributed by atoms with Gasteiger partial charge < -0.3 is 4.57 Å². The van der Waals surface area contributed by atoms with Gasteiger partial charge in [-0.1, -0.05) is 0 Å². The molecule has 0 saturated carbocycles. The molecule has 2 nitrogen and oxygen atoms in total. The molecule has 0 saturated heterocycles. The molecule has 0 spiro atoms. The maximum absolute atomic E-state index is 8.75. The number of nitriles is 1. The van der Waals surface area contributed by atoms with Crippen LogP contribution in [0, 0.1) is 11.3 Å². The van der Waals surface area contributed by atoms with E-state index in [1.807, 2.05) is 40.5 Å². The van der Waals surface area contributed by atoms with Crippen molar-refractivity contribution in [3.05, 3.63) is 41.5 Å². The SMILES string of the molecule is N#Cc1ccsc1-n1cccc1. The summed E-state index contributed by atoms with van der Waals surface area (Å²) in [4.78, 5) is 0. The molecule has 0 radical (unpaired) electrons. The first-order valence-corrected chi connectivity index (χ1v) is 4.41. The maximum Gasteiger partial charge on any atom is 0.117 e. The van der Waals surface area contributed by atoms with Crippen molar-refractivity contribution < 1.29 is 0 Å². The van der Waals surface area contributed by atoms with Crippen molar-refractivity contribution in [2.45, 2.75) is 0 Å². The average Bonchev–Trinajstić information content (AvgIpc) is 2.74. The van der Waals surface area contributed by atoms with Crippen LogP contribution in [0.5, 0.6) is 0 Å². The summed E-state index contributed by atoms with van der Waals surface area (Å²) >= 11 is 1.57. The topological polar surface area (TPSA) is 28.7 Å². The first-order valence-electron chi connectivity index (χ1n) is 3.53. The van der Waals surface area contributed by atoms with Gasteiger partial charge in [-0.2, -0.15) is 5.26 Å². The summed E-state index contributed by atoms with van der Waals surface area (Å²) in [5.74, 6) is 0. The number of hydrogen-bond donors (Lipinski definition) is 0. The zero-order valence-corrected chi connectivity index (χ0v) is 7.08. The number of hydrogen-bond acceptors (Lipinski definition) is 2. The van der Waals surface area contributed by atoms with Gasteiger partial charge in [-0.3, -0.25) is 0 Å². The van der Waals surface area contributed by atoms with Gasteiger partial charge in [0.25, 0.3) is 0 Å². The molecule has 0 amide bonds. The average molecular weight is 174 g/mol. The first kappa shape index (κ1) is 7.14. The van der Waals surface area contributed by atoms with Gasteiger partial charge in [0, 0.05) is 12.4 Å². The van der Waals surface area contributed by atoms with Crippen LogP contribution in [0.3, 0.4) is 0 Å². The summed E-state index contributed by atoms with van der Waals surface area (Å²) in [6.07, 6.45) is 3.87. The lowest BCUT2D eigenvalue weighted by molar-refractivity contribution is 1.11. The summed E-state index contributed by atoms with van der Waals surface area (Å²) in [6, 6.07) is 7.88. The van der Waals surface area contributed by atoms with Crippen molar-refractivity contribution >= 4 is 11.3 Å². The van der Waals surface area contributed by atoms with E-state index in [9.17, 15) is 0 Å². The normalized spacial score (nSPS) is 9.58. The smallest absolute Gasteiger partial charge is 0.117 e. The summed E-state index contributed by atoms with van der Waals surface area (Å²) in [5, 5.41) is 11.7. The van der Waals surface area contributed by atoms with E-state index < -0.39 is 0 Å². The minimum absolute atomic E-state index is 0.733. The molecule has 58 valence electrons. The molecule has 12 heavy (non-hydrogen) atoms. The van der Waals surface area contributed by atoms with Crippen LogP contribution in [0.15, 0.2) is 36.0 Å². The fourth-order valence-electron chi connectivity index (χ4n) is 1.06. The Balaban J connectivity index is 2.55. The van der Waals surface area contributed by atoms with Crippen molar-refractivity contribution in [2.75, 3.05) is 0 Å². The molecule has 0 atom stereocenters. The minimum Gasteiger partial charge on any atom is -0.314 e. The minimum atomic E-state index is 0.733. The van der Waals surface area contributed by atoms with Crippen LogP contribution in [0.1, 0.15) is 5.56 Å². The zero-order valence-electron chi connectivity index (χ0n) is 6.27. The Kier molecular flexibility index (Phi) is 1.69. The van der Waals surface area contributed by atoms with Crippen molar-refractivity contribution in [2.24, 2.45) is 0 Å². The Morgan fingerprint density at radius 2 is 2.08 bits per heavy atom. The Bertz CT molecular complexity index is 406. The van der Waals surface area contributed by atoms with Gasteiger partial charge >= 0.3 is 0 Å². The molecule has 2 rings (SSSR count). The number of nitrogens with zero attached hydrogens (tertiary/aromatic N) is 2. The Hall–Kier alpha value is -1.53. The highest BCUT2D eigenvalue weighted by atomic mass is 32.1. The van der Waals surface area contributed by atoms with Crippen molar-refractivity contribution in [1.82, 2.24) is 4.57 Å². The monoisotopic (exact) mass is 174 g/mol. The van der Waals surface area contributed by atoms with E-state index >= 15 is 0 Å². The second-order valence-corrected chi connectivity index (χ2v) is 3.24. The van der Waals surface area contributed by atoms with Crippen LogP contribution >= 0.6 is 11.3 Å². The predicted molar refractivity (Wildman–Crippen MR) is 48.4 cm³/mol. The van der Waals surface area contributed by atoms with E-state index in [1.165, 1.54) is 0 Å².